The molecule has 204 valence electrons. The molecule has 0 unspecified atom stereocenters. The monoisotopic (exact) mass is 543 g/mol. The van der Waals surface area contributed by atoms with Gasteiger partial charge >= 0.3 is 0 Å². The Balaban J connectivity index is 1.75. The molecule has 1 aliphatic heterocycles. The molecule has 3 rings (SSSR count). The Morgan fingerprint density at radius 3 is 2.13 bits per heavy atom. The number of allylic oxidation sites excluding steroid dienone is 6. The molecule has 0 N–H and O–H groups in total. The molecule has 2 aromatic rings. The average molecular weight is 544 g/mol. The summed E-state index contributed by atoms with van der Waals surface area (Å²) >= 11 is 1.69. The number of nitrogens with zero attached hydrogens (tertiary/aromatic N) is 3. The number of hydrogen-bond acceptors (Lipinski definition) is 7. The first kappa shape index (κ1) is 29.9. The second-order valence-electron chi connectivity index (χ2n) is 9.92. The van der Waals surface area contributed by atoms with Crippen molar-refractivity contribution in [2.75, 3.05) is 44.4 Å². The van der Waals surface area contributed by atoms with Crippen LogP contribution in [0.4, 0.5) is 5.69 Å². The van der Waals surface area contributed by atoms with Crippen molar-refractivity contribution in [3.63, 3.8) is 0 Å². The Bertz CT molecular complexity index is 1290. The summed E-state index contributed by atoms with van der Waals surface area (Å²) in [6.07, 6.45) is 7.40. The summed E-state index contributed by atoms with van der Waals surface area (Å²) in [5, 5.41) is 18.7. The van der Waals surface area contributed by atoms with Gasteiger partial charge in [0.25, 0.3) is 0 Å². The zero-order valence-corrected chi connectivity index (χ0v) is 24.3. The van der Waals surface area contributed by atoms with Gasteiger partial charge in [0, 0.05) is 52.7 Å². The van der Waals surface area contributed by atoms with Crippen LogP contribution in [0.1, 0.15) is 39.5 Å². The molecule has 6 nitrogen and oxygen atoms in total. The molecule has 0 atom stereocenters. The van der Waals surface area contributed by atoms with Crippen molar-refractivity contribution in [2.24, 2.45) is 5.41 Å². The third-order valence-corrected chi connectivity index (χ3v) is 7.14. The predicted molar refractivity (Wildman–Crippen MR) is 159 cm³/mol. The van der Waals surface area contributed by atoms with Gasteiger partial charge in [-0.05, 0) is 68.0 Å². The van der Waals surface area contributed by atoms with Gasteiger partial charge < -0.3 is 19.1 Å². The van der Waals surface area contributed by atoms with Crippen molar-refractivity contribution >= 4 is 23.1 Å². The van der Waals surface area contributed by atoms with Gasteiger partial charge in [0.2, 0.25) is 0 Å². The van der Waals surface area contributed by atoms with Crippen LogP contribution in [0.25, 0.3) is 16.5 Å². The van der Waals surface area contributed by atoms with Crippen LogP contribution in [0, 0.1) is 28.1 Å². The molecule has 0 aliphatic carbocycles. The smallest absolute Gasteiger partial charge is 0.137 e. The summed E-state index contributed by atoms with van der Waals surface area (Å²) in [5.41, 5.74) is 2.68. The molecule has 0 bridgehead atoms. The van der Waals surface area contributed by atoms with Crippen molar-refractivity contribution in [3.05, 3.63) is 82.2 Å². The van der Waals surface area contributed by atoms with Crippen LogP contribution >= 0.6 is 11.3 Å². The molecule has 0 radical (unpaired) electrons. The molecule has 0 saturated heterocycles. The van der Waals surface area contributed by atoms with Crippen molar-refractivity contribution in [1.82, 2.24) is 0 Å². The summed E-state index contributed by atoms with van der Waals surface area (Å²) < 4.78 is 17.2. The van der Waals surface area contributed by atoms with Crippen LogP contribution in [0.2, 0.25) is 0 Å². The van der Waals surface area contributed by atoms with E-state index in [4.69, 9.17) is 14.2 Å². The predicted octanol–water partition coefficient (Wildman–Crippen LogP) is 7.50. The minimum absolute atomic E-state index is 0.0714. The van der Waals surface area contributed by atoms with Crippen molar-refractivity contribution in [3.8, 4) is 22.6 Å². The lowest BCUT2D eigenvalue weighted by atomic mass is 9.90. The van der Waals surface area contributed by atoms with Gasteiger partial charge in [0.15, 0.2) is 0 Å². The molecular formula is C32H37N3O3S. The molecule has 1 aromatic heterocycles. The number of benzene rings is 1. The third-order valence-electron chi connectivity index (χ3n) is 6.04. The normalized spacial score (nSPS) is 13.4. The van der Waals surface area contributed by atoms with Gasteiger partial charge in [-0.15, -0.1) is 11.3 Å². The van der Waals surface area contributed by atoms with Gasteiger partial charge in [-0.3, -0.25) is 0 Å². The standard InChI is InChI=1S/C32H37N3O3S/c1-6-36-18-16-35(17-19-37-7-2)27-10-8-24(9-11-27)30-15-14-29(39-30)13-12-28-20-25(26(22-33)23-34)21-31(38-28)32(3,4)5/h8-15,20-21H,6-7,16-19H2,1-5H3/b13-12+. The molecule has 0 saturated carbocycles. The molecule has 7 heteroatoms. The Kier molecular flexibility index (Phi) is 11.1. The van der Waals surface area contributed by atoms with E-state index < -0.39 is 0 Å². The number of hydrogen-bond donors (Lipinski definition) is 0. The average Bonchev–Trinajstić information content (AvgIpc) is 3.41. The highest BCUT2D eigenvalue weighted by Gasteiger charge is 2.24. The largest absolute Gasteiger partial charge is 0.461 e. The van der Waals surface area contributed by atoms with E-state index in [1.165, 1.54) is 4.88 Å². The van der Waals surface area contributed by atoms with Crippen molar-refractivity contribution < 1.29 is 14.2 Å². The van der Waals surface area contributed by atoms with Gasteiger partial charge in [0.1, 0.15) is 29.2 Å². The molecule has 0 spiro atoms. The van der Waals surface area contributed by atoms with Crippen LogP contribution in [0.3, 0.4) is 0 Å². The summed E-state index contributed by atoms with van der Waals surface area (Å²) in [6.45, 7) is 14.6. The maximum absolute atomic E-state index is 9.36. The highest BCUT2D eigenvalue weighted by Crippen LogP contribution is 2.35. The lowest BCUT2D eigenvalue weighted by Crippen LogP contribution is -2.31. The number of nitriles is 2. The third kappa shape index (κ3) is 8.70. The SMILES string of the molecule is CCOCCN(CCOCC)c1ccc(-c2ccc(/C=C/C3=CC(=C(C#N)C#N)C=C(C(C)(C)C)O3)s2)cc1. The first-order valence-corrected chi connectivity index (χ1v) is 14.1. The van der Waals surface area contributed by atoms with Crippen molar-refractivity contribution in [1.29, 1.82) is 10.5 Å². The fourth-order valence-corrected chi connectivity index (χ4v) is 4.79. The van der Waals surface area contributed by atoms with E-state index >= 15 is 0 Å². The van der Waals surface area contributed by atoms with E-state index in [-0.39, 0.29) is 11.0 Å². The van der Waals surface area contributed by atoms with E-state index in [1.54, 1.807) is 23.5 Å². The Labute approximate surface area is 236 Å². The molecule has 2 heterocycles. The van der Waals surface area contributed by atoms with Gasteiger partial charge in [-0.2, -0.15) is 10.5 Å². The second-order valence-corrected chi connectivity index (χ2v) is 11.0. The highest BCUT2D eigenvalue weighted by molar-refractivity contribution is 7.16. The van der Waals surface area contributed by atoms with Gasteiger partial charge in [-0.1, -0.05) is 32.9 Å². The lowest BCUT2D eigenvalue weighted by molar-refractivity contribution is 0.141. The van der Waals surface area contributed by atoms with Gasteiger partial charge in [-0.25, -0.2) is 0 Å². The molecule has 1 aliphatic rings. The second kappa shape index (κ2) is 14.5. The first-order valence-electron chi connectivity index (χ1n) is 13.2. The Hall–Kier alpha value is -3.62. The summed E-state index contributed by atoms with van der Waals surface area (Å²) in [7, 11) is 0. The zero-order chi connectivity index (χ0) is 28.3. The molecule has 39 heavy (non-hydrogen) atoms. The number of thiophene rings is 1. The quantitative estimate of drug-likeness (QED) is 0.204. The van der Waals surface area contributed by atoms with E-state index in [2.05, 4.69) is 41.3 Å². The van der Waals surface area contributed by atoms with Crippen LogP contribution < -0.4 is 4.90 Å². The first-order chi connectivity index (χ1) is 18.8. The zero-order valence-electron chi connectivity index (χ0n) is 23.5. The maximum Gasteiger partial charge on any atom is 0.137 e. The van der Waals surface area contributed by atoms with E-state index in [0.717, 1.165) is 29.2 Å². The highest BCUT2D eigenvalue weighted by atomic mass is 32.1. The van der Waals surface area contributed by atoms with Gasteiger partial charge in [0.05, 0.1) is 13.2 Å². The van der Waals surface area contributed by atoms with Crippen LogP contribution in [-0.2, 0) is 14.2 Å². The molecule has 1 aromatic carbocycles. The topological polar surface area (TPSA) is 78.5 Å². The summed E-state index contributed by atoms with van der Waals surface area (Å²) in [4.78, 5) is 4.54. The molecular weight excluding hydrogens is 506 g/mol. The van der Waals surface area contributed by atoms with Crippen LogP contribution in [0.5, 0.6) is 0 Å². The van der Waals surface area contributed by atoms with Crippen molar-refractivity contribution in [2.45, 2.75) is 34.6 Å². The fourth-order valence-electron chi connectivity index (χ4n) is 3.88. The fraction of sp³-hybridized carbons (Fsp3) is 0.375. The maximum atomic E-state index is 9.36. The Morgan fingerprint density at radius 1 is 0.923 bits per heavy atom. The van der Waals surface area contributed by atoms with E-state index in [1.807, 2.05) is 58.9 Å². The molecule has 0 amide bonds. The Morgan fingerprint density at radius 2 is 1.56 bits per heavy atom. The van der Waals surface area contributed by atoms with E-state index in [9.17, 15) is 10.5 Å². The minimum atomic E-state index is -0.265. The molecule has 0 fully saturated rings. The number of anilines is 1. The summed E-state index contributed by atoms with van der Waals surface area (Å²) in [6, 6.07) is 16.8. The van der Waals surface area contributed by atoms with Crippen LogP contribution in [-0.4, -0.2) is 39.5 Å². The van der Waals surface area contributed by atoms with E-state index in [0.29, 0.717) is 43.5 Å². The number of rotatable bonds is 12. The minimum Gasteiger partial charge on any atom is -0.461 e. The lowest BCUT2D eigenvalue weighted by Gasteiger charge is -2.26. The van der Waals surface area contributed by atoms with Crippen LogP contribution in [0.15, 0.2) is 77.3 Å². The summed E-state index contributed by atoms with van der Waals surface area (Å²) in [5.74, 6) is 1.31. The number of ether oxygens (including phenoxy) is 3.